The summed E-state index contributed by atoms with van der Waals surface area (Å²) in [5, 5.41) is 3.60. The number of hydrogen-bond acceptors (Lipinski definition) is 2. The minimum atomic E-state index is 0.584. The van der Waals surface area contributed by atoms with Gasteiger partial charge in [-0.3, -0.25) is 0 Å². The first-order valence-electron chi connectivity index (χ1n) is 7.11. The van der Waals surface area contributed by atoms with Gasteiger partial charge in [-0.1, -0.05) is 13.8 Å². The number of nitrogens with one attached hydrogen (secondary N) is 1. The number of rotatable bonds is 3. The van der Waals surface area contributed by atoms with Gasteiger partial charge in [-0.25, -0.2) is 0 Å². The fraction of sp³-hybridized carbons (Fsp3) is 1.00. The summed E-state index contributed by atoms with van der Waals surface area (Å²) in [5.74, 6) is 0. The average Bonchev–Trinajstić information content (AvgIpc) is 2.68. The average molecular weight is 224 g/mol. The van der Waals surface area contributed by atoms with Crippen LogP contribution in [-0.4, -0.2) is 37.1 Å². The molecule has 1 unspecified atom stereocenters. The van der Waals surface area contributed by atoms with Crippen LogP contribution >= 0.6 is 0 Å². The smallest absolute Gasteiger partial charge is 0.00797 e. The van der Waals surface area contributed by atoms with Crippen molar-refractivity contribution >= 4 is 0 Å². The molecule has 2 aliphatic heterocycles. The fourth-order valence-corrected chi connectivity index (χ4v) is 3.04. The summed E-state index contributed by atoms with van der Waals surface area (Å²) < 4.78 is 0. The van der Waals surface area contributed by atoms with Gasteiger partial charge in [-0.2, -0.15) is 0 Å². The summed E-state index contributed by atoms with van der Waals surface area (Å²) >= 11 is 0. The molecule has 2 rings (SSSR count). The van der Waals surface area contributed by atoms with Crippen molar-refractivity contribution in [3.05, 3.63) is 0 Å². The molecule has 0 radical (unpaired) electrons. The Morgan fingerprint density at radius 1 is 1.19 bits per heavy atom. The van der Waals surface area contributed by atoms with Crippen LogP contribution in [0.25, 0.3) is 0 Å². The zero-order chi connectivity index (χ0) is 11.4. The van der Waals surface area contributed by atoms with Crippen LogP contribution in [0.5, 0.6) is 0 Å². The van der Waals surface area contributed by atoms with Gasteiger partial charge >= 0.3 is 0 Å². The largest absolute Gasteiger partial charge is 0.314 e. The second-order valence-electron chi connectivity index (χ2n) is 6.44. The third-order valence-corrected chi connectivity index (χ3v) is 4.39. The molecular weight excluding hydrogens is 196 g/mol. The summed E-state index contributed by atoms with van der Waals surface area (Å²) in [6.45, 7) is 10.1. The molecular formula is C14H28N2. The second kappa shape index (κ2) is 5.50. The molecule has 2 fully saturated rings. The van der Waals surface area contributed by atoms with Gasteiger partial charge in [0.15, 0.2) is 0 Å². The van der Waals surface area contributed by atoms with Crippen molar-refractivity contribution < 1.29 is 0 Å². The van der Waals surface area contributed by atoms with Crippen molar-refractivity contribution in [1.29, 1.82) is 0 Å². The number of hydrogen-bond donors (Lipinski definition) is 1. The minimum Gasteiger partial charge on any atom is -0.314 e. The molecule has 0 aromatic carbocycles. The molecule has 0 aromatic heterocycles. The molecule has 2 heterocycles. The predicted octanol–water partition coefficient (Wildman–Crippen LogP) is 2.64. The van der Waals surface area contributed by atoms with E-state index in [9.17, 15) is 0 Å². The summed E-state index contributed by atoms with van der Waals surface area (Å²) in [5.41, 5.74) is 0.584. The molecule has 0 amide bonds. The highest BCUT2D eigenvalue weighted by molar-refractivity contribution is 4.79. The quantitative estimate of drug-likeness (QED) is 0.793. The Morgan fingerprint density at radius 2 is 2.06 bits per heavy atom. The summed E-state index contributed by atoms with van der Waals surface area (Å²) in [6, 6.07) is 0.816. The van der Waals surface area contributed by atoms with E-state index in [1.165, 1.54) is 64.7 Å². The maximum absolute atomic E-state index is 3.60. The van der Waals surface area contributed by atoms with Crippen LogP contribution in [0.3, 0.4) is 0 Å². The molecule has 0 saturated carbocycles. The van der Waals surface area contributed by atoms with Crippen LogP contribution in [0.2, 0.25) is 0 Å². The molecule has 0 bridgehead atoms. The first-order valence-corrected chi connectivity index (χ1v) is 7.11. The molecule has 16 heavy (non-hydrogen) atoms. The first-order chi connectivity index (χ1) is 7.66. The zero-order valence-electron chi connectivity index (χ0n) is 11.1. The van der Waals surface area contributed by atoms with Gasteiger partial charge in [-0.05, 0) is 70.1 Å². The monoisotopic (exact) mass is 224 g/mol. The van der Waals surface area contributed by atoms with Gasteiger partial charge in [0, 0.05) is 6.04 Å². The highest BCUT2D eigenvalue weighted by atomic mass is 15.1. The zero-order valence-corrected chi connectivity index (χ0v) is 11.1. The lowest BCUT2D eigenvalue weighted by Gasteiger charge is -2.24. The lowest BCUT2D eigenvalue weighted by molar-refractivity contribution is 0.252. The molecule has 94 valence electrons. The Kier molecular flexibility index (Phi) is 4.26. The van der Waals surface area contributed by atoms with Crippen LogP contribution in [-0.2, 0) is 0 Å². The standard InChI is InChI=1S/C14H28N2/c1-14(2)7-4-10-16(12-8-14)11-6-13-5-3-9-15-13/h13,15H,3-12H2,1-2H3. The third-order valence-electron chi connectivity index (χ3n) is 4.39. The Hall–Kier alpha value is -0.0800. The minimum absolute atomic E-state index is 0.584. The van der Waals surface area contributed by atoms with Crippen molar-refractivity contribution in [2.45, 2.75) is 58.4 Å². The van der Waals surface area contributed by atoms with Crippen molar-refractivity contribution in [3.63, 3.8) is 0 Å². The summed E-state index contributed by atoms with van der Waals surface area (Å²) in [6.07, 6.45) is 8.33. The lowest BCUT2D eigenvalue weighted by Crippen LogP contribution is -2.31. The van der Waals surface area contributed by atoms with Crippen molar-refractivity contribution in [2.75, 3.05) is 26.2 Å². The second-order valence-corrected chi connectivity index (χ2v) is 6.44. The molecule has 2 aliphatic rings. The van der Waals surface area contributed by atoms with E-state index in [0.29, 0.717) is 5.41 Å². The van der Waals surface area contributed by atoms with Gasteiger partial charge < -0.3 is 10.2 Å². The molecule has 0 aliphatic carbocycles. The lowest BCUT2D eigenvalue weighted by atomic mass is 9.85. The van der Waals surface area contributed by atoms with E-state index in [1.54, 1.807) is 0 Å². The SMILES string of the molecule is CC1(C)CCCN(CCC2CCCN2)CC1. The molecule has 2 saturated heterocycles. The molecule has 2 nitrogen and oxygen atoms in total. The van der Waals surface area contributed by atoms with Crippen molar-refractivity contribution in [2.24, 2.45) is 5.41 Å². The highest BCUT2D eigenvalue weighted by Gasteiger charge is 2.23. The summed E-state index contributed by atoms with van der Waals surface area (Å²) in [4.78, 5) is 2.69. The van der Waals surface area contributed by atoms with Crippen LogP contribution < -0.4 is 5.32 Å². The van der Waals surface area contributed by atoms with Crippen LogP contribution in [0.4, 0.5) is 0 Å². The van der Waals surface area contributed by atoms with Gasteiger partial charge in [0.25, 0.3) is 0 Å². The van der Waals surface area contributed by atoms with E-state index in [-0.39, 0.29) is 0 Å². The molecule has 0 spiro atoms. The topological polar surface area (TPSA) is 15.3 Å². The van der Waals surface area contributed by atoms with Gasteiger partial charge in [-0.15, -0.1) is 0 Å². The molecule has 1 atom stereocenters. The first kappa shape index (κ1) is 12.4. The maximum atomic E-state index is 3.60. The fourth-order valence-electron chi connectivity index (χ4n) is 3.04. The van der Waals surface area contributed by atoms with E-state index in [1.807, 2.05) is 0 Å². The predicted molar refractivity (Wildman–Crippen MR) is 69.7 cm³/mol. The van der Waals surface area contributed by atoms with E-state index in [2.05, 4.69) is 24.1 Å². The van der Waals surface area contributed by atoms with E-state index in [0.717, 1.165) is 6.04 Å². The van der Waals surface area contributed by atoms with E-state index in [4.69, 9.17) is 0 Å². The maximum Gasteiger partial charge on any atom is 0.00797 e. The number of likely N-dealkylation sites (tertiary alicyclic amines) is 1. The highest BCUT2D eigenvalue weighted by Crippen LogP contribution is 2.29. The van der Waals surface area contributed by atoms with Crippen LogP contribution in [0.15, 0.2) is 0 Å². The normalized spacial score (nSPS) is 31.5. The van der Waals surface area contributed by atoms with Gasteiger partial charge in [0.2, 0.25) is 0 Å². The Bertz CT molecular complexity index is 207. The third kappa shape index (κ3) is 3.74. The van der Waals surface area contributed by atoms with Crippen LogP contribution in [0, 0.1) is 5.41 Å². The van der Waals surface area contributed by atoms with E-state index < -0.39 is 0 Å². The Balaban J connectivity index is 1.69. The molecule has 1 N–H and O–H groups in total. The van der Waals surface area contributed by atoms with Crippen molar-refractivity contribution in [1.82, 2.24) is 10.2 Å². The molecule has 0 aromatic rings. The van der Waals surface area contributed by atoms with E-state index >= 15 is 0 Å². The van der Waals surface area contributed by atoms with Gasteiger partial charge in [0.1, 0.15) is 0 Å². The van der Waals surface area contributed by atoms with Gasteiger partial charge in [0.05, 0.1) is 0 Å². The molecule has 2 heteroatoms. The number of nitrogens with zero attached hydrogens (tertiary/aromatic N) is 1. The Morgan fingerprint density at radius 3 is 2.81 bits per heavy atom. The summed E-state index contributed by atoms with van der Waals surface area (Å²) in [7, 11) is 0. The van der Waals surface area contributed by atoms with Crippen LogP contribution in [0.1, 0.15) is 52.4 Å². The van der Waals surface area contributed by atoms with Crippen molar-refractivity contribution in [3.8, 4) is 0 Å². The Labute approximate surface area is 101 Å².